The summed E-state index contributed by atoms with van der Waals surface area (Å²) in [6.07, 6.45) is 0.477. The Bertz CT molecular complexity index is 699. The highest BCUT2D eigenvalue weighted by atomic mass is 16.4. The average molecular weight is 342 g/mol. The van der Waals surface area contributed by atoms with E-state index in [2.05, 4.69) is 0 Å². The molecule has 0 aliphatic rings. The lowest BCUT2D eigenvalue weighted by atomic mass is 9.88. The predicted octanol–water partition coefficient (Wildman–Crippen LogP) is 1.71. The zero-order valence-electron chi connectivity index (χ0n) is 14.1. The molecule has 6 nitrogen and oxygen atoms in total. The first kappa shape index (κ1) is 19.1. The van der Waals surface area contributed by atoms with E-state index in [0.29, 0.717) is 6.42 Å². The van der Waals surface area contributed by atoms with E-state index >= 15 is 0 Å². The van der Waals surface area contributed by atoms with Gasteiger partial charge in [-0.25, -0.2) is 0 Å². The Labute approximate surface area is 147 Å². The van der Waals surface area contributed by atoms with E-state index in [1.807, 2.05) is 48.5 Å². The van der Waals surface area contributed by atoms with E-state index < -0.39 is 18.3 Å². The Kier molecular flexibility index (Phi) is 6.66. The van der Waals surface area contributed by atoms with E-state index in [-0.39, 0.29) is 12.3 Å². The minimum absolute atomic E-state index is 0.0645. The first-order valence-electron chi connectivity index (χ1n) is 8.29. The van der Waals surface area contributed by atoms with Crippen LogP contribution < -0.4 is 22.9 Å². The lowest BCUT2D eigenvalue weighted by Crippen LogP contribution is -2.20. The molecule has 0 heterocycles. The second kappa shape index (κ2) is 8.73. The standard InChI is InChI=1S/C19H26N4O2/c20-18(21)13-7-4-12(5-8-13)6-9-15(11-17(24)25)14-2-1-3-16(10-14)19(22)23/h1-5,7-8,10,15,18-19H,6,9,11,20-23H2,(H,24,25). The Morgan fingerprint density at radius 1 is 0.880 bits per heavy atom. The van der Waals surface area contributed by atoms with Crippen molar-refractivity contribution in [3.05, 3.63) is 70.8 Å². The van der Waals surface area contributed by atoms with Crippen molar-refractivity contribution in [1.29, 1.82) is 0 Å². The minimum atomic E-state index is -0.822. The third-order valence-corrected chi connectivity index (χ3v) is 4.33. The van der Waals surface area contributed by atoms with Gasteiger partial charge in [-0.15, -0.1) is 0 Å². The van der Waals surface area contributed by atoms with Gasteiger partial charge in [-0.2, -0.15) is 0 Å². The van der Waals surface area contributed by atoms with Crippen LogP contribution in [0.2, 0.25) is 0 Å². The molecule has 134 valence electrons. The fraction of sp³-hybridized carbons (Fsp3) is 0.316. The van der Waals surface area contributed by atoms with Crippen LogP contribution in [0.15, 0.2) is 48.5 Å². The Balaban J connectivity index is 2.12. The summed E-state index contributed by atoms with van der Waals surface area (Å²) in [5.41, 5.74) is 26.5. The van der Waals surface area contributed by atoms with E-state index in [0.717, 1.165) is 28.7 Å². The molecule has 0 fully saturated rings. The SMILES string of the molecule is NC(N)c1ccc(CCC(CC(=O)O)c2cccc(C(N)N)c2)cc1. The van der Waals surface area contributed by atoms with Crippen molar-refractivity contribution in [3.63, 3.8) is 0 Å². The maximum Gasteiger partial charge on any atom is 0.303 e. The summed E-state index contributed by atoms with van der Waals surface area (Å²) in [6.45, 7) is 0. The van der Waals surface area contributed by atoms with Crippen molar-refractivity contribution in [3.8, 4) is 0 Å². The highest BCUT2D eigenvalue weighted by molar-refractivity contribution is 5.68. The normalized spacial score (nSPS) is 12.6. The largest absolute Gasteiger partial charge is 0.481 e. The van der Waals surface area contributed by atoms with Gasteiger partial charge in [-0.3, -0.25) is 4.79 Å². The molecule has 6 heteroatoms. The second-order valence-corrected chi connectivity index (χ2v) is 6.30. The number of carboxylic acid groups (broad SMARTS) is 1. The van der Waals surface area contributed by atoms with Gasteiger partial charge in [-0.05, 0) is 41.0 Å². The first-order valence-corrected chi connectivity index (χ1v) is 8.29. The lowest BCUT2D eigenvalue weighted by Gasteiger charge is -2.17. The van der Waals surface area contributed by atoms with Crippen molar-refractivity contribution in [2.75, 3.05) is 0 Å². The molecule has 9 N–H and O–H groups in total. The smallest absolute Gasteiger partial charge is 0.303 e. The lowest BCUT2D eigenvalue weighted by molar-refractivity contribution is -0.137. The summed E-state index contributed by atoms with van der Waals surface area (Å²) in [6, 6.07) is 15.3. The van der Waals surface area contributed by atoms with Crippen LogP contribution in [0.4, 0.5) is 0 Å². The van der Waals surface area contributed by atoms with Gasteiger partial charge in [0.2, 0.25) is 0 Å². The number of hydrogen-bond donors (Lipinski definition) is 5. The summed E-state index contributed by atoms with van der Waals surface area (Å²) in [5, 5.41) is 9.24. The first-order chi connectivity index (χ1) is 11.9. The fourth-order valence-electron chi connectivity index (χ4n) is 2.87. The number of aliphatic carboxylic acids is 1. The van der Waals surface area contributed by atoms with Crippen molar-refractivity contribution < 1.29 is 9.90 Å². The van der Waals surface area contributed by atoms with E-state index in [1.54, 1.807) is 0 Å². The van der Waals surface area contributed by atoms with Crippen LogP contribution in [0.1, 0.15) is 53.3 Å². The highest BCUT2D eigenvalue weighted by Gasteiger charge is 2.17. The zero-order valence-corrected chi connectivity index (χ0v) is 14.1. The zero-order chi connectivity index (χ0) is 18.4. The molecule has 0 spiro atoms. The van der Waals surface area contributed by atoms with Gasteiger partial charge < -0.3 is 28.0 Å². The van der Waals surface area contributed by atoms with Gasteiger partial charge in [-0.1, -0.05) is 48.5 Å². The van der Waals surface area contributed by atoms with E-state index in [1.165, 1.54) is 0 Å². The molecular formula is C19H26N4O2. The van der Waals surface area contributed by atoms with Crippen molar-refractivity contribution >= 4 is 5.97 Å². The highest BCUT2D eigenvalue weighted by Crippen LogP contribution is 2.27. The molecule has 1 unspecified atom stereocenters. The van der Waals surface area contributed by atoms with E-state index in [9.17, 15) is 9.90 Å². The predicted molar refractivity (Wildman–Crippen MR) is 98.4 cm³/mol. The average Bonchev–Trinajstić information content (AvgIpc) is 2.58. The summed E-state index contributed by atoms with van der Waals surface area (Å²) in [5.74, 6) is -0.926. The molecule has 0 aromatic heterocycles. The van der Waals surface area contributed by atoms with Crippen LogP contribution in [-0.2, 0) is 11.2 Å². The molecule has 2 aromatic carbocycles. The van der Waals surface area contributed by atoms with Gasteiger partial charge in [0.25, 0.3) is 0 Å². The molecule has 0 bridgehead atoms. The Morgan fingerprint density at radius 3 is 2.04 bits per heavy atom. The summed E-state index contributed by atoms with van der Waals surface area (Å²) in [4.78, 5) is 11.3. The van der Waals surface area contributed by atoms with Gasteiger partial charge in [0.1, 0.15) is 0 Å². The van der Waals surface area contributed by atoms with Crippen molar-refractivity contribution in [2.24, 2.45) is 22.9 Å². The fourth-order valence-corrected chi connectivity index (χ4v) is 2.87. The molecule has 25 heavy (non-hydrogen) atoms. The number of carbonyl (C=O) groups is 1. The Morgan fingerprint density at radius 2 is 1.48 bits per heavy atom. The quantitative estimate of drug-likeness (QED) is 0.462. The topological polar surface area (TPSA) is 141 Å². The van der Waals surface area contributed by atoms with Crippen molar-refractivity contribution in [1.82, 2.24) is 0 Å². The molecule has 0 aliphatic heterocycles. The molecule has 0 amide bonds. The maximum absolute atomic E-state index is 11.3. The third kappa shape index (κ3) is 5.65. The summed E-state index contributed by atoms with van der Waals surface area (Å²) < 4.78 is 0. The van der Waals surface area contributed by atoms with Crippen molar-refractivity contribution in [2.45, 2.75) is 37.5 Å². The summed E-state index contributed by atoms with van der Waals surface area (Å²) >= 11 is 0. The summed E-state index contributed by atoms with van der Waals surface area (Å²) in [7, 11) is 0. The van der Waals surface area contributed by atoms with Crippen LogP contribution in [0, 0.1) is 0 Å². The van der Waals surface area contributed by atoms with Crippen LogP contribution >= 0.6 is 0 Å². The third-order valence-electron chi connectivity index (χ3n) is 4.33. The molecular weight excluding hydrogens is 316 g/mol. The number of nitrogens with two attached hydrogens (primary N) is 4. The number of rotatable bonds is 8. The molecule has 2 rings (SSSR count). The number of hydrogen-bond acceptors (Lipinski definition) is 5. The maximum atomic E-state index is 11.3. The van der Waals surface area contributed by atoms with Gasteiger partial charge in [0.05, 0.1) is 18.8 Å². The molecule has 0 radical (unpaired) electrons. The second-order valence-electron chi connectivity index (χ2n) is 6.30. The number of benzene rings is 2. The monoisotopic (exact) mass is 342 g/mol. The molecule has 0 saturated carbocycles. The molecule has 2 aromatic rings. The van der Waals surface area contributed by atoms with Crippen LogP contribution in [0.3, 0.4) is 0 Å². The number of aryl methyl sites for hydroxylation is 1. The van der Waals surface area contributed by atoms with Gasteiger partial charge >= 0.3 is 5.97 Å². The van der Waals surface area contributed by atoms with E-state index in [4.69, 9.17) is 22.9 Å². The molecule has 1 atom stereocenters. The Hall–Kier alpha value is -2.25. The minimum Gasteiger partial charge on any atom is -0.481 e. The number of carboxylic acids is 1. The van der Waals surface area contributed by atoms with Gasteiger partial charge in [0.15, 0.2) is 0 Å². The molecule has 0 aliphatic carbocycles. The van der Waals surface area contributed by atoms with Gasteiger partial charge in [0, 0.05) is 0 Å². The van der Waals surface area contributed by atoms with Crippen LogP contribution in [0.25, 0.3) is 0 Å². The molecule has 0 saturated heterocycles. The van der Waals surface area contributed by atoms with Crippen LogP contribution in [0.5, 0.6) is 0 Å². The van der Waals surface area contributed by atoms with Crippen LogP contribution in [-0.4, -0.2) is 11.1 Å².